The number of pyridine rings is 1. The van der Waals surface area contributed by atoms with Gasteiger partial charge in [0.05, 0.1) is 12.9 Å². The predicted octanol–water partition coefficient (Wildman–Crippen LogP) is 0.854. The molecule has 0 saturated carbocycles. The van der Waals surface area contributed by atoms with Gasteiger partial charge in [0.15, 0.2) is 28.9 Å². The summed E-state index contributed by atoms with van der Waals surface area (Å²) in [5.74, 6) is 0.780. The average Bonchev–Trinajstić information content (AvgIpc) is 3.25. The Balaban J connectivity index is 1.71. The Morgan fingerprint density at radius 2 is 2.07 bits per heavy atom. The highest BCUT2D eigenvalue weighted by Gasteiger charge is 2.55. The number of nitrogens with one attached hydrogen (secondary N) is 2. The largest absolute Gasteiger partial charge is 0.394 e. The molecule has 1 aliphatic rings. The van der Waals surface area contributed by atoms with Crippen molar-refractivity contribution < 1.29 is 19.3 Å². The van der Waals surface area contributed by atoms with Crippen molar-refractivity contribution in [3.63, 3.8) is 0 Å². The highest BCUT2D eigenvalue weighted by atomic mass is 19.1. The number of ether oxygens (including phenoxy) is 1. The average molecular weight is 403 g/mol. The Morgan fingerprint density at radius 1 is 1.31 bits per heavy atom. The Morgan fingerprint density at radius 3 is 2.72 bits per heavy atom. The highest BCUT2D eigenvalue weighted by Crippen LogP contribution is 2.42. The molecule has 10 nitrogen and oxygen atoms in total. The molecule has 4 N–H and O–H groups in total. The van der Waals surface area contributed by atoms with Crippen LogP contribution in [0.5, 0.6) is 0 Å². The van der Waals surface area contributed by atoms with E-state index in [0.29, 0.717) is 29.5 Å². The lowest BCUT2D eigenvalue weighted by molar-refractivity contribution is -0.0566. The third-order valence-electron chi connectivity index (χ3n) is 5.01. The zero-order valence-corrected chi connectivity index (χ0v) is 15.9. The molecular formula is C18H22FN7O3. The van der Waals surface area contributed by atoms with Gasteiger partial charge in [0.25, 0.3) is 0 Å². The Kier molecular flexibility index (Phi) is 5.03. The van der Waals surface area contributed by atoms with E-state index in [1.54, 1.807) is 19.4 Å². The number of aliphatic hydroxyl groups is 2. The van der Waals surface area contributed by atoms with Gasteiger partial charge in [-0.05, 0) is 24.6 Å². The van der Waals surface area contributed by atoms with Crippen molar-refractivity contribution in [2.45, 2.75) is 37.6 Å². The fourth-order valence-electron chi connectivity index (χ4n) is 3.39. The normalized spacial score (nSPS) is 26.7. The van der Waals surface area contributed by atoms with Crippen LogP contribution in [0.3, 0.4) is 0 Å². The lowest BCUT2D eigenvalue weighted by Crippen LogP contribution is -2.40. The molecule has 0 unspecified atom stereocenters. The van der Waals surface area contributed by atoms with E-state index in [0.717, 1.165) is 5.56 Å². The summed E-state index contributed by atoms with van der Waals surface area (Å²) in [6, 6.07) is 3.73. The maximum absolute atomic E-state index is 15.2. The van der Waals surface area contributed by atoms with Crippen molar-refractivity contribution in [1.29, 1.82) is 0 Å². The Hall–Kier alpha value is -2.89. The quantitative estimate of drug-likeness (QED) is 0.473. The topological polar surface area (TPSA) is 130 Å². The van der Waals surface area contributed by atoms with E-state index in [9.17, 15) is 10.2 Å². The van der Waals surface area contributed by atoms with Crippen molar-refractivity contribution in [3.05, 3.63) is 36.4 Å². The molecule has 1 saturated heterocycles. The molecule has 0 spiro atoms. The van der Waals surface area contributed by atoms with Gasteiger partial charge in [-0.25, -0.2) is 9.37 Å². The van der Waals surface area contributed by atoms with Gasteiger partial charge in [-0.2, -0.15) is 9.97 Å². The summed E-state index contributed by atoms with van der Waals surface area (Å²) in [4.78, 5) is 17.2. The zero-order valence-electron chi connectivity index (χ0n) is 15.9. The number of hydrogen-bond acceptors (Lipinski definition) is 9. The summed E-state index contributed by atoms with van der Waals surface area (Å²) in [7, 11) is 1.70. The van der Waals surface area contributed by atoms with Crippen molar-refractivity contribution in [2.24, 2.45) is 0 Å². The van der Waals surface area contributed by atoms with E-state index >= 15 is 4.39 Å². The maximum Gasteiger partial charge on any atom is 0.227 e. The molecule has 11 heteroatoms. The van der Waals surface area contributed by atoms with E-state index in [4.69, 9.17) is 4.74 Å². The maximum atomic E-state index is 15.2. The number of hydrogen-bond donors (Lipinski definition) is 4. The van der Waals surface area contributed by atoms with Gasteiger partial charge < -0.3 is 25.6 Å². The van der Waals surface area contributed by atoms with E-state index in [-0.39, 0.29) is 0 Å². The van der Waals surface area contributed by atoms with Crippen molar-refractivity contribution in [3.8, 4) is 0 Å². The molecule has 3 aromatic heterocycles. The van der Waals surface area contributed by atoms with Crippen LogP contribution in [0.15, 0.2) is 30.9 Å². The molecule has 4 atom stereocenters. The minimum Gasteiger partial charge on any atom is -0.394 e. The Bertz CT molecular complexity index is 998. The first-order chi connectivity index (χ1) is 14.0. The second-order valence-corrected chi connectivity index (χ2v) is 6.98. The van der Waals surface area contributed by atoms with Gasteiger partial charge in [-0.15, -0.1) is 0 Å². The van der Waals surface area contributed by atoms with Crippen molar-refractivity contribution >= 4 is 22.9 Å². The van der Waals surface area contributed by atoms with E-state index < -0.39 is 30.7 Å². The first-order valence-corrected chi connectivity index (χ1v) is 9.14. The van der Waals surface area contributed by atoms with Gasteiger partial charge in [0.2, 0.25) is 5.95 Å². The van der Waals surface area contributed by atoms with E-state index in [1.165, 1.54) is 17.8 Å². The lowest BCUT2D eigenvalue weighted by Gasteiger charge is -2.24. The number of nitrogens with zero attached hydrogens (tertiary/aromatic N) is 5. The third-order valence-corrected chi connectivity index (χ3v) is 5.01. The Labute approximate surface area is 165 Å². The molecule has 4 rings (SSSR count). The molecule has 1 fully saturated rings. The number of rotatable bonds is 6. The highest BCUT2D eigenvalue weighted by molar-refractivity contribution is 5.84. The summed E-state index contributed by atoms with van der Waals surface area (Å²) in [5, 5.41) is 25.6. The monoisotopic (exact) mass is 403 g/mol. The van der Waals surface area contributed by atoms with Gasteiger partial charge in [0.1, 0.15) is 12.2 Å². The standard InChI is InChI=1S/C18H22FN7O3/c1-18(19)13(28)11(8-27)29-16(18)26-9-23-12-14(20-2)24-17(25-15(12)26)22-7-10-3-5-21-6-4-10/h3-6,9,11,13,16,27-28H,7-8H2,1-2H3,(H2,20,22,24,25)/t11-,13-,16-,18-/m1/s1. The summed E-state index contributed by atoms with van der Waals surface area (Å²) < 4.78 is 22.2. The second-order valence-electron chi connectivity index (χ2n) is 6.98. The number of halogens is 1. The van der Waals surface area contributed by atoms with Crippen molar-refractivity contribution in [2.75, 3.05) is 24.3 Å². The van der Waals surface area contributed by atoms with E-state index in [1.807, 2.05) is 12.1 Å². The smallest absolute Gasteiger partial charge is 0.227 e. The summed E-state index contributed by atoms with van der Waals surface area (Å²) >= 11 is 0. The fraction of sp³-hybridized carbons (Fsp3) is 0.444. The van der Waals surface area contributed by atoms with Gasteiger partial charge in [-0.1, -0.05) is 0 Å². The number of alkyl halides is 1. The molecule has 3 aromatic rings. The second kappa shape index (κ2) is 7.50. The van der Waals surface area contributed by atoms with Crippen LogP contribution in [-0.2, 0) is 11.3 Å². The lowest BCUT2D eigenvalue weighted by atomic mass is 9.98. The van der Waals surface area contributed by atoms with Crippen molar-refractivity contribution in [1.82, 2.24) is 24.5 Å². The summed E-state index contributed by atoms with van der Waals surface area (Å²) in [6.45, 7) is 1.20. The SMILES string of the molecule is CNc1nc(NCc2ccncc2)nc2c1ncn2[C@@H]1O[C@H](CO)[C@@H](O)[C@@]1(C)F. The van der Waals surface area contributed by atoms with Gasteiger partial charge in [-0.3, -0.25) is 9.55 Å². The first-order valence-electron chi connectivity index (χ1n) is 9.14. The summed E-state index contributed by atoms with van der Waals surface area (Å²) in [6.07, 6.45) is 1.05. The molecule has 0 bridgehead atoms. The number of aromatic nitrogens is 5. The zero-order chi connectivity index (χ0) is 20.6. The minimum absolute atomic E-state index is 0.318. The molecule has 4 heterocycles. The predicted molar refractivity (Wildman–Crippen MR) is 103 cm³/mol. The summed E-state index contributed by atoms with van der Waals surface area (Å²) in [5.41, 5.74) is -0.381. The molecule has 0 amide bonds. The van der Waals surface area contributed by atoms with Crippen LogP contribution in [0.25, 0.3) is 11.2 Å². The van der Waals surface area contributed by atoms with Crippen LogP contribution in [0, 0.1) is 0 Å². The number of fused-ring (bicyclic) bond motifs is 1. The number of imidazole rings is 1. The number of anilines is 2. The van der Waals surface area contributed by atoms with Crippen LogP contribution in [0.4, 0.5) is 16.2 Å². The minimum atomic E-state index is -2.14. The molecule has 0 aromatic carbocycles. The van der Waals surface area contributed by atoms with E-state index in [2.05, 4.69) is 30.6 Å². The van der Waals surface area contributed by atoms with Crippen LogP contribution in [0.1, 0.15) is 18.7 Å². The van der Waals surface area contributed by atoms with Crippen LogP contribution in [-0.4, -0.2) is 66.2 Å². The molecule has 154 valence electrons. The van der Waals surface area contributed by atoms with Crippen LogP contribution >= 0.6 is 0 Å². The molecular weight excluding hydrogens is 381 g/mol. The fourth-order valence-corrected chi connectivity index (χ4v) is 3.39. The molecule has 0 aliphatic carbocycles. The molecule has 29 heavy (non-hydrogen) atoms. The van der Waals surface area contributed by atoms with Crippen LogP contribution < -0.4 is 10.6 Å². The van der Waals surface area contributed by atoms with Gasteiger partial charge in [0, 0.05) is 26.0 Å². The first kappa shape index (κ1) is 19.4. The van der Waals surface area contributed by atoms with Crippen LogP contribution in [0.2, 0.25) is 0 Å². The third kappa shape index (κ3) is 3.37. The number of aliphatic hydroxyl groups excluding tert-OH is 2. The molecule has 0 radical (unpaired) electrons. The van der Waals surface area contributed by atoms with Gasteiger partial charge >= 0.3 is 0 Å². The molecule has 1 aliphatic heterocycles.